The number of carbonyl (C=O) groups excluding carboxylic acids is 1. The number of rotatable bonds is 6. The minimum atomic E-state index is -1.28. The highest BCUT2D eigenvalue weighted by Gasteiger charge is 2.52. The van der Waals surface area contributed by atoms with Gasteiger partial charge < -0.3 is 20.1 Å². The molecule has 4 aliphatic carbocycles. The largest absolute Gasteiger partial charge is 0.497 e. The maximum atomic E-state index is 13.2. The zero-order valence-corrected chi connectivity index (χ0v) is 17.5. The molecule has 1 aliphatic heterocycles. The van der Waals surface area contributed by atoms with E-state index in [2.05, 4.69) is 5.32 Å². The van der Waals surface area contributed by atoms with Gasteiger partial charge in [0.05, 0.1) is 7.11 Å². The van der Waals surface area contributed by atoms with E-state index in [-0.39, 0.29) is 11.4 Å². The highest BCUT2D eigenvalue weighted by atomic mass is 16.5. The molecule has 0 spiro atoms. The molecule has 1 unspecified atom stereocenters. The molecule has 5 aliphatic rings. The van der Waals surface area contributed by atoms with Crippen LogP contribution in [0.5, 0.6) is 5.75 Å². The van der Waals surface area contributed by atoms with Crippen LogP contribution in [0.4, 0.5) is 0 Å². The van der Waals surface area contributed by atoms with E-state index in [4.69, 9.17) is 4.74 Å². The van der Waals surface area contributed by atoms with Crippen LogP contribution in [0, 0.1) is 17.8 Å². The molecule has 0 aromatic heterocycles. The summed E-state index contributed by atoms with van der Waals surface area (Å²) in [6.45, 7) is 1.62. The summed E-state index contributed by atoms with van der Waals surface area (Å²) in [6.07, 6.45) is 9.30. The lowest BCUT2D eigenvalue weighted by Crippen LogP contribution is -2.64. The van der Waals surface area contributed by atoms with Gasteiger partial charge >= 0.3 is 0 Å². The number of likely N-dealkylation sites (tertiary alicyclic amines) is 1. The van der Waals surface area contributed by atoms with Crippen molar-refractivity contribution in [2.45, 2.75) is 69.1 Å². The second kappa shape index (κ2) is 7.28. The maximum Gasteiger partial charge on any atom is 0.256 e. The van der Waals surface area contributed by atoms with Crippen LogP contribution in [-0.4, -0.2) is 47.3 Å². The van der Waals surface area contributed by atoms with Crippen molar-refractivity contribution in [3.05, 3.63) is 29.8 Å². The summed E-state index contributed by atoms with van der Waals surface area (Å²) in [5.74, 6) is 3.24. The Morgan fingerprint density at radius 2 is 1.86 bits per heavy atom. The van der Waals surface area contributed by atoms with Crippen molar-refractivity contribution in [1.29, 1.82) is 0 Å². The van der Waals surface area contributed by atoms with E-state index in [0.29, 0.717) is 26.1 Å². The van der Waals surface area contributed by atoms with Gasteiger partial charge in [-0.15, -0.1) is 0 Å². The van der Waals surface area contributed by atoms with E-state index in [1.807, 2.05) is 29.2 Å². The van der Waals surface area contributed by atoms with Gasteiger partial charge in [0.2, 0.25) is 0 Å². The summed E-state index contributed by atoms with van der Waals surface area (Å²) in [5, 5.41) is 15.1. The van der Waals surface area contributed by atoms with E-state index in [1.165, 1.54) is 38.5 Å². The highest BCUT2D eigenvalue weighted by molar-refractivity contribution is 5.86. The zero-order valence-electron chi connectivity index (χ0n) is 17.5. The van der Waals surface area contributed by atoms with Crippen LogP contribution >= 0.6 is 0 Å². The molecule has 4 saturated carbocycles. The first-order valence-electron chi connectivity index (χ1n) is 11.4. The predicted octanol–water partition coefficient (Wildman–Crippen LogP) is 3.11. The molecule has 5 nitrogen and oxygen atoms in total. The van der Waals surface area contributed by atoms with Crippen molar-refractivity contribution in [3.8, 4) is 5.75 Å². The minimum Gasteiger partial charge on any atom is -0.497 e. The van der Waals surface area contributed by atoms with Gasteiger partial charge in [-0.1, -0.05) is 12.1 Å². The lowest BCUT2D eigenvalue weighted by Gasteiger charge is -2.57. The summed E-state index contributed by atoms with van der Waals surface area (Å²) in [5.41, 5.74) is -0.0729. The number of nitrogens with one attached hydrogen (secondary N) is 1. The van der Waals surface area contributed by atoms with Crippen LogP contribution in [0.1, 0.15) is 56.9 Å². The molecule has 2 N–H and O–H groups in total. The Kier molecular flexibility index (Phi) is 4.86. The number of aliphatic hydroxyl groups is 1. The summed E-state index contributed by atoms with van der Waals surface area (Å²) in [4.78, 5) is 15.0. The van der Waals surface area contributed by atoms with Gasteiger partial charge in [0.15, 0.2) is 5.60 Å². The van der Waals surface area contributed by atoms with Gasteiger partial charge in [-0.25, -0.2) is 0 Å². The summed E-state index contributed by atoms with van der Waals surface area (Å²) >= 11 is 0. The fourth-order valence-electron chi connectivity index (χ4n) is 7.03. The molecular formula is C24H34N2O3. The van der Waals surface area contributed by atoms with Gasteiger partial charge in [0.1, 0.15) is 5.75 Å². The number of nitrogens with zero attached hydrogens (tertiary/aromatic N) is 1. The third-order valence-corrected chi connectivity index (χ3v) is 8.01. The molecule has 5 heteroatoms. The topological polar surface area (TPSA) is 61.8 Å². The zero-order chi connectivity index (χ0) is 20.1. The molecule has 0 radical (unpaired) electrons. The smallest absolute Gasteiger partial charge is 0.256 e. The fraction of sp³-hybridized carbons (Fsp3) is 0.708. The van der Waals surface area contributed by atoms with Crippen LogP contribution in [0.25, 0.3) is 0 Å². The third kappa shape index (κ3) is 3.68. The number of ether oxygens (including phenoxy) is 1. The molecule has 1 heterocycles. The van der Waals surface area contributed by atoms with Gasteiger partial charge in [0, 0.05) is 25.2 Å². The quantitative estimate of drug-likeness (QED) is 0.773. The Balaban J connectivity index is 1.25. The Morgan fingerprint density at radius 3 is 2.52 bits per heavy atom. The van der Waals surface area contributed by atoms with E-state index in [1.54, 1.807) is 7.11 Å². The number of hydrogen-bond acceptors (Lipinski definition) is 4. The monoisotopic (exact) mass is 398 g/mol. The van der Waals surface area contributed by atoms with Crippen LogP contribution in [0.3, 0.4) is 0 Å². The Hall–Kier alpha value is -1.59. The molecule has 6 rings (SSSR count). The van der Waals surface area contributed by atoms with Gasteiger partial charge in [-0.3, -0.25) is 4.79 Å². The van der Waals surface area contributed by atoms with Crippen LogP contribution in [-0.2, 0) is 11.3 Å². The highest BCUT2D eigenvalue weighted by Crippen LogP contribution is 2.55. The van der Waals surface area contributed by atoms with Crippen LogP contribution in [0.2, 0.25) is 0 Å². The Morgan fingerprint density at radius 1 is 1.17 bits per heavy atom. The second-order valence-corrected chi connectivity index (χ2v) is 10.3. The van der Waals surface area contributed by atoms with Crippen molar-refractivity contribution in [1.82, 2.24) is 10.2 Å². The van der Waals surface area contributed by atoms with E-state index in [9.17, 15) is 9.90 Å². The second-order valence-electron chi connectivity index (χ2n) is 10.3. The van der Waals surface area contributed by atoms with Gasteiger partial charge in [-0.05, 0) is 86.8 Å². The lowest BCUT2D eigenvalue weighted by molar-refractivity contribution is -0.158. The molecule has 1 saturated heterocycles. The number of methoxy groups -OCH3 is 1. The summed E-state index contributed by atoms with van der Waals surface area (Å²) < 4.78 is 5.30. The number of benzene rings is 1. The number of carbonyl (C=O) groups is 1. The molecule has 5 fully saturated rings. The third-order valence-electron chi connectivity index (χ3n) is 8.01. The first-order chi connectivity index (χ1) is 14.0. The van der Waals surface area contributed by atoms with E-state index in [0.717, 1.165) is 35.5 Å². The molecule has 1 amide bonds. The van der Waals surface area contributed by atoms with Crippen LogP contribution in [0.15, 0.2) is 24.3 Å². The molecule has 4 bridgehead atoms. The lowest BCUT2D eigenvalue weighted by atomic mass is 9.53. The van der Waals surface area contributed by atoms with Crippen molar-refractivity contribution in [2.24, 2.45) is 17.8 Å². The molecule has 1 aromatic carbocycles. The van der Waals surface area contributed by atoms with Crippen molar-refractivity contribution in [2.75, 3.05) is 20.2 Å². The van der Waals surface area contributed by atoms with Crippen molar-refractivity contribution >= 4 is 5.91 Å². The first-order valence-corrected chi connectivity index (χ1v) is 11.4. The first kappa shape index (κ1) is 19.4. The number of hydrogen-bond donors (Lipinski definition) is 2. The average molecular weight is 399 g/mol. The van der Waals surface area contributed by atoms with E-state index >= 15 is 0 Å². The van der Waals surface area contributed by atoms with Gasteiger partial charge in [-0.2, -0.15) is 0 Å². The predicted molar refractivity (Wildman–Crippen MR) is 112 cm³/mol. The van der Waals surface area contributed by atoms with Gasteiger partial charge in [0.25, 0.3) is 5.91 Å². The normalized spacial score (nSPS) is 38.5. The summed E-state index contributed by atoms with van der Waals surface area (Å²) in [6, 6.07) is 7.84. The minimum absolute atomic E-state index is 0.121. The number of β-amino-alcohol motifs (C(OH)–C–C–N with tert-alkyl or cyclic N) is 1. The molecule has 158 valence electrons. The van der Waals surface area contributed by atoms with Crippen molar-refractivity contribution in [3.63, 3.8) is 0 Å². The molecule has 1 atom stereocenters. The summed E-state index contributed by atoms with van der Waals surface area (Å²) in [7, 11) is 1.65. The maximum absolute atomic E-state index is 13.2. The van der Waals surface area contributed by atoms with Crippen molar-refractivity contribution < 1.29 is 14.6 Å². The standard InChI is InChI=1S/C24H34N2O3/c1-29-21-5-2-4-17(11-21)15-26-7-3-6-24(28,22(26)27)16-25-23-12-18-8-19(13-23)10-20(9-18)14-23/h2,4-5,11,18-20,25,28H,3,6-10,12-16H2,1H3. The van der Waals surface area contributed by atoms with Crippen LogP contribution < -0.4 is 10.1 Å². The Labute approximate surface area is 173 Å². The Bertz CT molecular complexity index is 744. The van der Waals surface area contributed by atoms with E-state index < -0.39 is 5.60 Å². The fourth-order valence-corrected chi connectivity index (χ4v) is 7.03. The molecular weight excluding hydrogens is 364 g/mol. The number of piperidine rings is 1. The average Bonchev–Trinajstić information content (AvgIpc) is 2.70. The SMILES string of the molecule is COc1cccc(CN2CCCC(O)(CNC34CC5CC(CC(C5)C3)C4)C2=O)c1. The number of amides is 1. The molecule has 1 aromatic rings. The molecule has 29 heavy (non-hydrogen) atoms.